The van der Waals surface area contributed by atoms with Crippen LogP contribution in [0.4, 0.5) is 10.5 Å². The van der Waals surface area contributed by atoms with Gasteiger partial charge >= 0.3 is 6.09 Å². The van der Waals surface area contributed by atoms with E-state index in [-0.39, 0.29) is 6.09 Å². The minimum atomic E-state index is -0.443. The fourth-order valence-corrected chi connectivity index (χ4v) is 2.75. The molecule has 1 amide bonds. The lowest BCUT2D eigenvalue weighted by atomic mass is 10.1. The van der Waals surface area contributed by atoms with Gasteiger partial charge in [0, 0.05) is 38.4 Å². The van der Waals surface area contributed by atoms with Crippen molar-refractivity contribution in [3.63, 3.8) is 0 Å². The monoisotopic (exact) mass is 319 g/mol. The molecule has 0 atom stereocenters. The van der Waals surface area contributed by atoms with E-state index in [1.54, 1.807) is 0 Å². The molecule has 1 aliphatic rings. The Morgan fingerprint density at radius 2 is 1.96 bits per heavy atom. The Kier molecular flexibility index (Phi) is 5.52. The van der Waals surface area contributed by atoms with E-state index >= 15 is 0 Å². The van der Waals surface area contributed by atoms with Crippen molar-refractivity contribution in [2.75, 3.05) is 31.9 Å². The Bertz CT molecular complexity index is 552. The third-order valence-electron chi connectivity index (χ3n) is 4.12. The standard InChI is InChI=1S/C18H29N3O2/c1-14-15(7-5-8-16(14)19)13-20-9-6-10-21(12-11-20)17(22)23-18(2,3)4/h5,7-8H,6,9-13,19H2,1-4H3. The summed E-state index contributed by atoms with van der Waals surface area (Å²) in [6.07, 6.45) is 0.750. The minimum Gasteiger partial charge on any atom is -0.444 e. The number of anilines is 1. The number of nitrogens with zero attached hydrogens (tertiary/aromatic N) is 2. The van der Waals surface area contributed by atoms with Crippen LogP contribution < -0.4 is 5.73 Å². The van der Waals surface area contributed by atoms with E-state index in [1.165, 1.54) is 5.56 Å². The molecule has 1 fully saturated rings. The summed E-state index contributed by atoms with van der Waals surface area (Å²) >= 11 is 0. The Hall–Kier alpha value is -1.75. The molecule has 1 aliphatic heterocycles. The van der Waals surface area contributed by atoms with E-state index in [2.05, 4.69) is 17.9 Å². The number of hydrogen-bond donors (Lipinski definition) is 1. The summed E-state index contributed by atoms with van der Waals surface area (Å²) in [5, 5.41) is 0. The molecule has 0 radical (unpaired) electrons. The molecule has 0 unspecified atom stereocenters. The third-order valence-corrected chi connectivity index (χ3v) is 4.12. The van der Waals surface area contributed by atoms with Crippen LogP contribution in [0.1, 0.15) is 38.3 Å². The van der Waals surface area contributed by atoms with E-state index in [0.29, 0.717) is 6.54 Å². The van der Waals surface area contributed by atoms with Crippen molar-refractivity contribution in [3.8, 4) is 0 Å². The van der Waals surface area contributed by atoms with Crippen LogP contribution in [-0.2, 0) is 11.3 Å². The van der Waals surface area contributed by atoms with Crippen molar-refractivity contribution < 1.29 is 9.53 Å². The lowest BCUT2D eigenvalue weighted by Crippen LogP contribution is -2.39. The number of ether oxygens (including phenoxy) is 1. The molecule has 23 heavy (non-hydrogen) atoms. The highest BCUT2D eigenvalue weighted by Crippen LogP contribution is 2.19. The SMILES string of the molecule is Cc1c(N)cccc1CN1CCCN(C(=O)OC(C)(C)C)CC1. The molecular weight excluding hydrogens is 290 g/mol. The number of carbonyl (C=O) groups excluding carboxylic acids is 1. The number of nitrogen functional groups attached to an aromatic ring is 1. The summed E-state index contributed by atoms with van der Waals surface area (Å²) < 4.78 is 5.47. The fraction of sp³-hybridized carbons (Fsp3) is 0.611. The quantitative estimate of drug-likeness (QED) is 0.851. The van der Waals surface area contributed by atoms with E-state index in [4.69, 9.17) is 10.5 Å². The van der Waals surface area contributed by atoms with Crippen molar-refractivity contribution in [1.82, 2.24) is 9.80 Å². The third kappa shape index (κ3) is 5.13. The van der Waals surface area contributed by atoms with Crippen LogP contribution in [0.3, 0.4) is 0 Å². The zero-order valence-electron chi connectivity index (χ0n) is 14.8. The summed E-state index contributed by atoms with van der Waals surface area (Å²) in [6, 6.07) is 6.07. The lowest BCUT2D eigenvalue weighted by Gasteiger charge is -2.26. The van der Waals surface area contributed by atoms with Crippen LogP contribution in [-0.4, -0.2) is 47.7 Å². The van der Waals surface area contributed by atoms with Gasteiger partial charge in [0.2, 0.25) is 0 Å². The van der Waals surface area contributed by atoms with E-state index in [1.807, 2.05) is 37.8 Å². The highest BCUT2D eigenvalue weighted by atomic mass is 16.6. The Labute approximate surface area is 139 Å². The number of rotatable bonds is 2. The van der Waals surface area contributed by atoms with Gasteiger partial charge in [-0.25, -0.2) is 4.79 Å². The van der Waals surface area contributed by atoms with Crippen LogP contribution in [0.2, 0.25) is 0 Å². The molecule has 1 saturated heterocycles. The lowest BCUT2D eigenvalue weighted by molar-refractivity contribution is 0.0257. The zero-order chi connectivity index (χ0) is 17.0. The van der Waals surface area contributed by atoms with Gasteiger partial charge in [0.25, 0.3) is 0 Å². The van der Waals surface area contributed by atoms with Gasteiger partial charge in [0.1, 0.15) is 5.60 Å². The average Bonchev–Trinajstić information content (AvgIpc) is 2.68. The van der Waals surface area contributed by atoms with Crippen LogP contribution in [0.25, 0.3) is 0 Å². The van der Waals surface area contributed by atoms with E-state index in [0.717, 1.165) is 43.9 Å². The molecule has 1 aromatic carbocycles. The Morgan fingerprint density at radius 3 is 2.65 bits per heavy atom. The summed E-state index contributed by atoms with van der Waals surface area (Å²) in [6.45, 7) is 11.9. The Balaban J connectivity index is 1.93. The largest absolute Gasteiger partial charge is 0.444 e. The van der Waals surface area contributed by atoms with Crippen molar-refractivity contribution in [3.05, 3.63) is 29.3 Å². The number of amides is 1. The van der Waals surface area contributed by atoms with Crippen LogP contribution in [0.5, 0.6) is 0 Å². The first-order valence-corrected chi connectivity index (χ1v) is 8.30. The molecule has 0 saturated carbocycles. The molecule has 0 aromatic heterocycles. The Morgan fingerprint density at radius 1 is 1.22 bits per heavy atom. The van der Waals surface area contributed by atoms with Gasteiger partial charge in [-0.05, 0) is 51.3 Å². The molecule has 5 heteroatoms. The van der Waals surface area contributed by atoms with Gasteiger partial charge in [-0.1, -0.05) is 12.1 Å². The first kappa shape index (κ1) is 17.6. The maximum absolute atomic E-state index is 12.2. The van der Waals surface area contributed by atoms with Crippen molar-refractivity contribution in [2.24, 2.45) is 0 Å². The van der Waals surface area contributed by atoms with Crippen LogP contribution in [0.15, 0.2) is 18.2 Å². The van der Waals surface area contributed by atoms with Gasteiger partial charge < -0.3 is 15.4 Å². The molecule has 0 aliphatic carbocycles. The highest BCUT2D eigenvalue weighted by Gasteiger charge is 2.24. The number of nitrogens with two attached hydrogens (primary N) is 1. The van der Waals surface area contributed by atoms with Gasteiger partial charge in [0.15, 0.2) is 0 Å². The maximum Gasteiger partial charge on any atom is 0.410 e. The van der Waals surface area contributed by atoms with Crippen molar-refractivity contribution in [2.45, 2.75) is 46.3 Å². The summed E-state index contributed by atoms with van der Waals surface area (Å²) in [7, 11) is 0. The first-order chi connectivity index (χ1) is 10.8. The van der Waals surface area contributed by atoms with Crippen molar-refractivity contribution >= 4 is 11.8 Å². The summed E-state index contributed by atoms with van der Waals surface area (Å²) in [5.74, 6) is 0. The van der Waals surface area contributed by atoms with Crippen LogP contribution in [0, 0.1) is 6.92 Å². The fourth-order valence-electron chi connectivity index (χ4n) is 2.75. The van der Waals surface area contributed by atoms with Crippen molar-refractivity contribution in [1.29, 1.82) is 0 Å². The maximum atomic E-state index is 12.2. The molecule has 0 spiro atoms. The van der Waals surface area contributed by atoms with Gasteiger partial charge in [-0.3, -0.25) is 4.90 Å². The predicted octanol–water partition coefficient (Wildman–Crippen LogP) is 3.02. The molecule has 128 valence electrons. The molecule has 0 bridgehead atoms. The highest BCUT2D eigenvalue weighted by molar-refractivity contribution is 5.68. The van der Waals surface area contributed by atoms with Crippen LogP contribution >= 0.6 is 0 Å². The van der Waals surface area contributed by atoms with E-state index < -0.39 is 5.60 Å². The molecular formula is C18H29N3O2. The van der Waals surface area contributed by atoms with Gasteiger partial charge in [0.05, 0.1) is 0 Å². The number of carbonyl (C=O) groups is 1. The second-order valence-corrected chi connectivity index (χ2v) is 7.23. The van der Waals surface area contributed by atoms with Gasteiger partial charge in [-0.2, -0.15) is 0 Å². The predicted molar refractivity (Wildman–Crippen MR) is 93.3 cm³/mol. The molecule has 2 N–H and O–H groups in total. The number of hydrogen-bond acceptors (Lipinski definition) is 4. The molecule has 5 nitrogen and oxygen atoms in total. The molecule has 1 heterocycles. The zero-order valence-corrected chi connectivity index (χ0v) is 14.8. The second kappa shape index (κ2) is 7.21. The second-order valence-electron chi connectivity index (χ2n) is 7.23. The number of benzene rings is 1. The average molecular weight is 319 g/mol. The summed E-state index contributed by atoms with van der Waals surface area (Å²) in [4.78, 5) is 16.4. The first-order valence-electron chi connectivity index (χ1n) is 8.30. The van der Waals surface area contributed by atoms with Gasteiger partial charge in [-0.15, -0.1) is 0 Å². The molecule has 1 aromatic rings. The minimum absolute atomic E-state index is 0.209. The van der Waals surface area contributed by atoms with E-state index in [9.17, 15) is 4.79 Å². The summed E-state index contributed by atoms with van der Waals surface area (Å²) in [5.41, 5.74) is 8.80. The smallest absolute Gasteiger partial charge is 0.410 e. The topological polar surface area (TPSA) is 58.8 Å². The molecule has 2 rings (SSSR count). The normalized spacial score (nSPS) is 17.0.